The first-order valence-electron chi connectivity index (χ1n) is 6.28. The van der Waals surface area contributed by atoms with Crippen LogP contribution in [-0.4, -0.2) is 30.3 Å². The van der Waals surface area contributed by atoms with Gasteiger partial charge in [-0.15, -0.1) is 0 Å². The minimum Gasteiger partial charge on any atom is -0.497 e. The van der Waals surface area contributed by atoms with E-state index >= 15 is 0 Å². The fraction of sp³-hybridized carbons (Fsp3) is 0.200. The van der Waals surface area contributed by atoms with Gasteiger partial charge in [-0.05, 0) is 24.3 Å². The molecule has 0 amide bonds. The number of anilines is 1. The van der Waals surface area contributed by atoms with Gasteiger partial charge in [-0.2, -0.15) is 0 Å². The first-order chi connectivity index (χ1) is 10.1. The molecule has 0 unspecified atom stereocenters. The molecule has 0 bridgehead atoms. The van der Waals surface area contributed by atoms with E-state index in [1.165, 1.54) is 12.3 Å². The molecular weight excluding hydrogens is 272 g/mol. The second kappa shape index (κ2) is 6.60. The van der Waals surface area contributed by atoms with Gasteiger partial charge in [0, 0.05) is 24.4 Å². The number of carboxylic acid groups (broad SMARTS) is 1. The number of hydrogen-bond acceptors (Lipinski definition) is 5. The Labute approximate surface area is 122 Å². The Morgan fingerprint density at radius 1 is 1.24 bits per heavy atom. The number of carboxylic acids is 1. The molecule has 6 nitrogen and oxygen atoms in total. The van der Waals surface area contributed by atoms with Crippen molar-refractivity contribution in [3.8, 4) is 11.5 Å². The number of benzene rings is 1. The molecule has 1 heterocycles. The van der Waals surface area contributed by atoms with Gasteiger partial charge in [-0.25, -0.2) is 9.78 Å². The fourth-order valence-corrected chi connectivity index (χ4v) is 1.81. The summed E-state index contributed by atoms with van der Waals surface area (Å²) < 4.78 is 10.5. The zero-order valence-corrected chi connectivity index (χ0v) is 11.8. The smallest absolute Gasteiger partial charge is 0.337 e. The van der Waals surface area contributed by atoms with E-state index < -0.39 is 5.97 Å². The van der Waals surface area contributed by atoms with Crippen molar-refractivity contribution < 1.29 is 19.4 Å². The number of pyridine rings is 1. The van der Waals surface area contributed by atoms with Crippen LogP contribution in [0.3, 0.4) is 0 Å². The molecule has 2 rings (SSSR count). The molecule has 0 saturated carbocycles. The highest BCUT2D eigenvalue weighted by molar-refractivity contribution is 5.87. The summed E-state index contributed by atoms with van der Waals surface area (Å²) in [6, 6.07) is 8.68. The molecule has 110 valence electrons. The Kier molecular flexibility index (Phi) is 4.61. The van der Waals surface area contributed by atoms with E-state index in [1.54, 1.807) is 26.4 Å². The van der Waals surface area contributed by atoms with Crippen molar-refractivity contribution in [2.75, 3.05) is 19.5 Å². The number of hydrogen-bond donors (Lipinski definition) is 2. The highest BCUT2D eigenvalue weighted by Crippen LogP contribution is 2.25. The zero-order valence-electron chi connectivity index (χ0n) is 11.8. The van der Waals surface area contributed by atoms with Gasteiger partial charge in [0.25, 0.3) is 0 Å². The summed E-state index contributed by atoms with van der Waals surface area (Å²) in [7, 11) is 3.19. The highest BCUT2D eigenvalue weighted by Gasteiger charge is 2.06. The topological polar surface area (TPSA) is 80.7 Å². The maximum Gasteiger partial charge on any atom is 0.337 e. The van der Waals surface area contributed by atoms with Crippen molar-refractivity contribution in [1.29, 1.82) is 0 Å². The largest absolute Gasteiger partial charge is 0.497 e. The van der Waals surface area contributed by atoms with Crippen LogP contribution in [0.4, 0.5) is 5.82 Å². The summed E-state index contributed by atoms with van der Waals surface area (Å²) >= 11 is 0. The molecule has 1 aromatic carbocycles. The van der Waals surface area contributed by atoms with E-state index in [9.17, 15) is 4.79 Å². The van der Waals surface area contributed by atoms with Crippen LogP contribution in [0.15, 0.2) is 36.5 Å². The van der Waals surface area contributed by atoms with Crippen molar-refractivity contribution in [2.24, 2.45) is 0 Å². The molecule has 2 N–H and O–H groups in total. The van der Waals surface area contributed by atoms with Crippen LogP contribution >= 0.6 is 0 Å². The van der Waals surface area contributed by atoms with Crippen molar-refractivity contribution in [1.82, 2.24) is 4.98 Å². The summed E-state index contributed by atoms with van der Waals surface area (Å²) in [5, 5.41) is 11.9. The SMILES string of the molecule is COc1ccc(CNc2ccc(C(=O)O)cn2)c(OC)c1. The summed E-state index contributed by atoms with van der Waals surface area (Å²) in [5.41, 5.74) is 1.10. The lowest BCUT2D eigenvalue weighted by molar-refractivity contribution is 0.0696. The maximum absolute atomic E-state index is 10.7. The first-order valence-corrected chi connectivity index (χ1v) is 6.28. The Morgan fingerprint density at radius 2 is 2.05 bits per heavy atom. The number of ether oxygens (including phenoxy) is 2. The van der Waals surface area contributed by atoms with Crippen LogP contribution in [0.25, 0.3) is 0 Å². The van der Waals surface area contributed by atoms with Gasteiger partial charge in [-0.1, -0.05) is 0 Å². The molecule has 0 spiro atoms. The number of rotatable bonds is 6. The summed E-state index contributed by atoms with van der Waals surface area (Å²) in [6.45, 7) is 0.507. The predicted molar refractivity (Wildman–Crippen MR) is 78.1 cm³/mol. The van der Waals surface area contributed by atoms with E-state index in [2.05, 4.69) is 10.3 Å². The molecule has 1 aromatic heterocycles. The third-order valence-electron chi connectivity index (χ3n) is 2.96. The van der Waals surface area contributed by atoms with Crippen molar-refractivity contribution in [2.45, 2.75) is 6.54 Å². The third kappa shape index (κ3) is 3.62. The number of aromatic nitrogens is 1. The second-order valence-electron chi connectivity index (χ2n) is 4.27. The normalized spacial score (nSPS) is 10.0. The van der Waals surface area contributed by atoms with Crippen LogP contribution in [0.5, 0.6) is 11.5 Å². The van der Waals surface area contributed by atoms with Gasteiger partial charge in [0.05, 0.1) is 19.8 Å². The summed E-state index contributed by atoms with van der Waals surface area (Å²) in [6.07, 6.45) is 1.32. The minimum atomic E-state index is -0.995. The zero-order chi connectivity index (χ0) is 15.2. The van der Waals surface area contributed by atoms with E-state index in [4.69, 9.17) is 14.6 Å². The van der Waals surface area contributed by atoms with Crippen molar-refractivity contribution >= 4 is 11.8 Å². The number of nitrogens with zero attached hydrogens (tertiary/aromatic N) is 1. The van der Waals surface area contributed by atoms with Gasteiger partial charge in [0.2, 0.25) is 0 Å². The second-order valence-corrected chi connectivity index (χ2v) is 4.27. The van der Waals surface area contributed by atoms with Crippen molar-refractivity contribution in [3.05, 3.63) is 47.7 Å². The molecule has 21 heavy (non-hydrogen) atoms. The van der Waals surface area contributed by atoms with Crippen LogP contribution in [-0.2, 0) is 6.54 Å². The monoisotopic (exact) mass is 288 g/mol. The molecular formula is C15H16N2O4. The van der Waals surface area contributed by atoms with Crippen molar-refractivity contribution in [3.63, 3.8) is 0 Å². The highest BCUT2D eigenvalue weighted by atomic mass is 16.5. The summed E-state index contributed by atoms with van der Waals surface area (Å²) in [4.78, 5) is 14.8. The fourth-order valence-electron chi connectivity index (χ4n) is 1.81. The Bertz CT molecular complexity index is 626. The van der Waals surface area contributed by atoms with Gasteiger partial charge >= 0.3 is 5.97 Å². The van der Waals surface area contributed by atoms with E-state index in [0.717, 1.165) is 11.3 Å². The van der Waals surface area contributed by atoms with E-state index in [0.29, 0.717) is 18.1 Å². The number of aromatic carboxylic acids is 1. The molecule has 0 atom stereocenters. The molecule has 0 fully saturated rings. The van der Waals surface area contributed by atoms with Crippen LogP contribution < -0.4 is 14.8 Å². The quantitative estimate of drug-likeness (QED) is 0.849. The lowest BCUT2D eigenvalue weighted by atomic mass is 10.2. The average molecular weight is 288 g/mol. The van der Waals surface area contributed by atoms with Crippen LogP contribution in [0.2, 0.25) is 0 Å². The molecule has 0 aliphatic heterocycles. The number of methoxy groups -OCH3 is 2. The average Bonchev–Trinajstić information content (AvgIpc) is 2.53. The maximum atomic E-state index is 10.7. The van der Waals surface area contributed by atoms with E-state index in [1.807, 2.05) is 12.1 Å². The minimum absolute atomic E-state index is 0.155. The standard InChI is InChI=1S/C15H16N2O4/c1-20-12-5-3-10(13(7-12)21-2)8-16-14-6-4-11(9-17-14)15(18)19/h3-7,9H,8H2,1-2H3,(H,16,17)(H,18,19). The van der Waals surface area contributed by atoms with Gasteiger partial charge in [0.15, 0.2) is 0 Å². The Hall–Kier alpha value is -2.76. The lowest BCUT2D eigenvalue weighted by Gasteiger charge is -2.11. The number of nitrogens with one attached hydrogen (secondary N) is 1. The number of carbonyl (C=O) groups is 1. The van der Waals surface area contributed by atoms with Gasteiger partial charge in [0.1, 0.15) is 17.3 Å². The van der Waals surface area contributed by atoms with E-state index in [-0.39, 0.29) is 5.56 Å². The molecule has 0 radical (unpaired) electrons. The molecule has 0 aliphatic carbocycles. The first kappa shape index (κ1) is 14.6. The Balaban J connectivity index is 2.07. The molecule has 2 aromatic rings. The van der Waals surface area contributed by atoms with Crippen LogP contribution in [0.1, 0.15) is 15.9 Å². The summed E-state index contributed by atoms with van der Waals surface area (Å²) in [5.74, 6) is 1.03. The van der Waals surface area contributed by atoms with Crippen LogP contribution in [0, 0.1) is 0 Å². The molecule has 0 aliphatic rings. The predicted octanol–water partition coefficient (Wildman–Crippen LogP) is 2.41. The Morgan fingerprint density at radius 3 is 2.62 bits per heavy atom. The third-order valence-corrected chi connectivity index (χ3v) is 2.96. The van der Waals surface area contributed by atoms with Gasteiger partial charge < -0.3 is 19.9 Å². The van der Waals surface area contributed by atoms with Gasteiger partial charge in [-0.3, -0.25) is 0 Å². The molecule has 0 saturated heterocycles. The lowest BCUT2D eigenvalue weighted by Crippen LogP contribution is -2.04. The molecule has 6 heteroatoms.